The number of aromatic nitrogens is 1. The maximum Gasteiger partial charge on any atom is 0.190 e. The van der Waals surface area contributed by atoms with Crippen molar-refractivity contribution >= 4 is 47.0 Å². The number of guanidine groups is 1. The number of nitrogens with one attached hydrogen (secondary N) is 2. The molecule has 2 N–H and O–H groups in total. The molecule has 0 saturated carbocycles. The molecule has 2 heterocycles. The summed E-state index contributed by atoms with van der Waals surface area (Å²) in [5.74, 6) is 0.888. The molecule has 1 saturated heterocycles. The fourth-order valence-electron chi connectivity index (χ4n) is 3.67. The highest BCUT2D eigenvalue weighted by atomic mass is 127. The van der Waals surface area contributed by atoms with Gasteiger partial charge in [0.2, 0.25) is 0 Å². The highest BCUT2D eigenvalue weighted by Gasteiger charge is 2.16. The second-order valence-electron chi connectivity index (χ2n) is 7.62. The van der Waals surface area contributed by atoms with Crippen molar-refractivity contribution in [3.63, 3.8) is 0 Å². The predicted molar refractivity (Wildman–Crippen MR) is 144 cm³/mol. The Morgan fingerprint density at radius 3 is 2.48 bits per heavy atom. The Hall–Kier alpha value is -1.39. The van der Waals surface area contributed by atoms with Crippen molar-refractivity contribution in [2.75, 3.05) is 57.8 Å². The predicted octanol–water partition coefficient (Wildman–Crippen LogP) is 3.63. The fraction of sp³-hybridized carbons (Fsp3) is 0.565. The molecule has 3 rings (SSSR count). The summed E-state index contributed by atoms with van der Waals surface area (Å²) in [6.45, 7) is 9.73. The van der Waals surface area contributed by atoms with E-state index in [0.29, 0.717) is 0 Å². The second-order valence-corrected chi connectivity index (χ2v) is 8.82. The van der Waals surface area contributed by atoms with Crippen LogP contribution in [0.4, 0.5) is 5.69 Å². The Morgan fingerprint density at radius 1 is 1.06 bits per heavy atom. The minimum absolute atomic E-state index is 0. The van der Waals surface area contributed by atoms with Crippen molar-refractivity contribution in [1.82, 2.24) is 20.5 Å². The van der Waals surface area contributed by atoms with E-state index in [-0.39, 0.29) is 24.0 Å². The molecule has 0 radical (unpaired) electrons. The van der Waals surface area contributed by atoms with Crippen LogP contribution in [0.3, 0.4) is 0 Å². The molecule has 2 aromatic rings. The number of halogens is 1. The van der Waals surface area contributed by atoms with Gasteiger partial charge in [-0.05, 0) is 37.9 Å². The van der Waals surface area contributed by atoms with Gasteiger partial charge in [-0.1, -0.05) is 25.1 Å². The van der Waals surface area contributed by atoms with Crippen LogP contribution < -0.4 is 15.5 Å². The number of thiazole rings is 1. The third-order valence-corrected chi connectivity index (χ3v) is 6.69. The first-order chi connectivity index (χ1) is 14.8. The third-order valence-electron chi connectivity index (χ3n) is 5.49. The number of benzene rings is 1. The highest BCUT2D eigenvalue weighted by Crippen LogP contribution is 2.15. The summed E-state index contributed by atoms with van der Waals surface area (Å²) in [6, 6.07) is 10.8. The van der Waals surface area contributed by atoms with Gasteiger partial charge in [-0.3, -0.25) is 9.89 Å². The first kappa shape index (κ1) is 25.9. The van der Waals surface area contributed by atoms with E-state index in [2.05, 4.69) is 67.7 Å². The van der Waals surface area contributed by atoms with Crippen LogP contribution in [0.15, 0.2) is 41.5 Å². The lowest BCUT2D eigenvalue weighted by Gasteiger charge is -2.36. The fourth-order valence-corrected chi connectivity index (χ4v) is 4.53. The van der Waals surface area contributed by atoms with E-state index in [4.69, 9.17) is 0 Å². The number of para-hydroxylation sites is 1. The molecule has 1 aliphatic rings. The largest absolute Gasteiger partial charge is 0.369 e. The highest BCUT2D eigenvalue weighted by molar-refractivity contribution is 14.0. The zero-order chi connectivity index (χ0) is 21.0. The number of rotatable bonds is 10. The minimum Gasteiger partial charge on any atom is -0.369 e. The Kier molecular flexibility index (Phi) is 12.2. The van der Waals surface area contributed by atoms with Crippen LogP contribution in [0.5, 0.6) is 0 Å². The van der Waals surface area contributed by atoms with Crippen molar-refractivity contribution in [2.24, 2.45) is 4.99 Å². The molecule has 0 unspecified atom stereocenters. The second kappa shape index (κ2) is 14.6. The molecule has 0 aliphatic carbocycles. The van der Waals surface area contributed by atoms with Crippen LogP contribution in [-0.2, 0) is 12.8 Å². The Morgan fingerprint density at radius 2 is 1.81 bits per heavy atom. The van der Waals surface area contributed by atoms with E-state index < -0.39 is 0 Å². The van der Waals surface area contributed by atoms with E-state index in [1.807, 2.05) is 24.6 Å². The number of nitrogens with zero attached hydrogens (tertiary/aromatic N) is 4. The summed E-state index contributed by atoms with van der Waals surface area (Å²) < 4.78 is 0. The van der Waals surface area contributed by atoms with E-state index in [9.17, 15) is 0 Å². The van der Waals surface area contributed by atoms with Crippen molar-refractivity contribution in [1.29, 1.82) is 0 Å². The van der Waals surface area contributed by atoms with E-state index in [1.54, 1.807) is 0 Å². The van der Waals surface area contributed by atoms with Gasteiger partial charge in [0.25, 0.3) is 0 Å². The molecule has 1 aliphatic heterocycles. The van der Waals surface area contributed by atoms with Gasteiger partial charge in [0, 0.05) is 69.5 Å². The van der Waals surface area contributed by atoms with Crippen molar-refractivity contribution in [3.8, 4) is 0 Å². The van der Waals surface area contributed by atoms with Gasteiger partial charge in [0.15, 0.2) is 5.96 Å². The summed E-state index contributed by atoms with van der Waals surface area (Å²) in [4.78, 5) is 15.2. The van der Waals surface area contributed by atoms with E-state index in [0.717, 1.165) is 64.5 Å². The molecule has 172 valence electrons. The Balaban J connectivity index is 0.00000341. The Labute approximate surface area is 208 Å². The van der Waals surface area contributed by atoms with Crippen molar-refractivity contribution in [3.05, 3.63) is 46.4 Å². The maximum absolute atomic E-state index is 4.47. The smallest absolute Gasteiger partial charge is 0.190 e. The zero-order valence-electron chi connectivity index (χ0n) is 18.8. The maximum atomic E-state index is 4.47. The molecular formula is C23H37IN6S. The molecule has 1 aromatic carbocycles. The van der Waals surface area contributed by atoms with Crippen molar-refractivity contribution < 1.29 is 0 Å². The lowest BCUT2D eigenvalue weighted by Crippen LogP contribution is -2.46. The average Bonchev–Trinajstić information content (AvgIpc) is 3.26. The number of anilines is 1. The number of hydrogen-bond donors (Lipinski definition) is 2. The van der Waals surface area contributed by atoms with Crippen molar-refractivity contribution in [2.45, 2.75) is 32.6 Å². The summed E-state index contributed by atoms with van der Waals surface area (Å²) in [6.07, 6.45) is 6.38. The van der Waals surface area contributed by atoms with Gasteiger partial charge in [0.1, 0.15) is 0 Å². The summed E-state index contributed by atoms with van der Waals surface area (Å²) in [5.41, 5.74) is 1.35. The number of hydrogen-bond acceptors (Lipinski definition) is 5. The topological polar surface area (TPSA) is 55.8 Å². The van der Waals surface area contributed by atoms with E-state index in [1.165, 1.54) is 28.5 Å². The molecule has 8 heteroatoms. The molecular weight excluding hydrogens is 519 g/mol. The van der Waals surface area contributed by atoms with Crippen LogP contribution in [0.2, 0.25) is 0 Å². The molecule has 0 spiro atoms. The van der Waals surface area contributed by atoms with Gasteiger partial charge in [-0.25, -0.2) is 4.98 Å². The Bertz CT molecular complexity index is 758. The average molecular weight is 557 g/mol. The van der Waals surface area contributed by atoms with E-state index >= 15 is 0 Å². The molecule has 6 nitrogen and oxygen atoms in total. The number of piperazine rings is 1. The minimum atomic E-state index is 0. The summed E-state index contributed by atoms with van der Waals surface area (Å²) in [7, 11) is 1.83. The van der Waals surface area contributed by atoms with Gasteiger partial charge in [-0.15, -0.1) is 35.3 Å². The van der Waals surface area contributed by atoms with Crippen LogP contribution in [0.25, 0.3) is 0 Å². The molecule has 31 heavy (non-hydrogen) atoms. The van der Waals surface area contributed by atoms with Crippen LogP contribution in [-0.4, -0.2) is 68.7 Å². The van der Waals surface area contributed by atoms with Crippen LogP contribution in [0.1, 0.15) is 29.7 Å². The molecule has 0 amide bonds. The molecule has 0 atom stereocenters. The lowest BCUT2D eigenvalue weighted by atomic mass is 10.2. The summed E-state index contributed by atoms with van der Waals surface area (Å²) in [5, 5.41) is 8.03. The zero-order valence-corrected chi connectivity index (χ0v) is 22.0. The monoisotopic (exact) mass is 556 g/mol. The molecule has 0 bridgehead atoms. The standard InChI is InChI=1S/C23H36N6S.HI/c1-3-21-19-27-22(30-21)11-13-26-23(24-2)25-12-7-8-14-28-15-17-29(18-16-28)20-9-5-4-6-10-20;/h4-6,9-10,19H,3,7-8,11-18H2,1-2H3,(H2,24,25,26);1H. The number of aryl methyl sites for hydroxylation is 1. The SMILES string of the molecule is CCc1cnc(CCNC(=NC)NCCCCN2CCN(c3ccccc3)CC2)s1.I. The first-order valence-electron chi connectivity index (χ1n) is 11.2. The number of unbranched alkanes of at least 4 members (excludes halogenated alkanes) is 1. The van der Waals surface area contributed by atoms with Gasteiger partial charge in [0.05, 0.1) is 5.01 Å². The lowest BCUT2D eigenvalue weighted by molar-refractivity contribution is 0.253. The van der Waals surface area contributed by atoms with Gasteiger partial charge < -0.3 is 15.5 Å². The number of aliphatic imine (C=N–C) groups is 1. The van der Waals surface area contributed by atoms with Gasteiger partial charge >= 0.3 is 0 Å². The van der Waals surface area contributed by atoms with Crippen LogP contribution >= 0.6 is 35.3 Å². The quantitative estimate of drug-likeness (QED) is 0.203. The molecule has 1 aromatic heterocycles. The third kappa shape index (κ3) is 8.94. The summed E-state index contributed by atoms with van der Waals surface area (Å²) >= 11 is 1.81. The normalized spacial score (nSPS) is 14.9. The first-order valence-corrected chi connectivity index (χ1v) is 12.0. The van der Waals surface area contributed by atoms with Crippen LogP contribution in [0, 0.1) is 0 Å². The molecule has 1 fully saturated rings. The van der Waals surface area contributed by atoms with Gasteiger partial charge in [-0.2, -0.15) is 0 Å².